The maximum atomic E-state index is 12.5. The molecule has 0 unspecified atom stereocenters. The monoisotopic (exact) mass is 295 g/mol. The summed E-state index contributed by atoms with van der Waals surface area (Å²) in [6, 6.07) is 6.24. The molecule has 0 heterocycles. The minimum absolute atomic E-state index is 0.0148. The van der Waals surface area contributed by atoms with Crippen LogP contribution in [0.15, 0.2) is 29.2 Å². The number of hydrogen-bond donors (Lipinski definition) is 2. The Bertz CT molecular complexity index is 609. The quantitative estimate of drug-likeness (QED) is 0.760. The van der Waals surface area contributed by atoms with E-state index >= 15 is 0 Å². The molecule has 6 heteroatoms. The van der Waals surface area contributed by atoms with Crippen LogP contribution in [0, 0.1) is 11.8 Å². The summed E-state index contributed by atoms with van der Waals surface area (Å²) < 4.78 is 26.3. The Morgan fingerprint density at radius 1 is 1.20 bits per heavy atom. The fourth-order valence-electron chi connectivity index (χ4n) is 1.95. The molecule has 20 heavy (non-hydrogen) atoms. The molecule has 0 radical (unpaired) electrons. The summed E-state index contributed by atoms with van der Waals surface area (Å²) in [7, 11) is -3.56. The average molecular weight is 295 g/mol. The highest BCUT2D eigenvalue weighted by atomic mass is 32.2. The van der Waals surface area contributed by atoms with Gasteiger partial charge in [0.05, 0.1) is 11.5 Å². The van der Waals surface area contributed by atoms with Crippen LogP contribution in [0.1, 0.15) is 18.4 Å². The summed E-state index contributed by atoms with van der Waals surface area (Å²) in [4.78, 5) is 0.201. The smallest absolute Gasteiger partial charge is 0.243 e. The zero-order valence-electron chi connectivity index (χ0n) is 11.0. The van der Waals surface area contributed by atoms with Crippen molar-refractivity contribution in [1.82, 2.24) is 4.31 Å². The fourth-order valence-corrected chi connectivity index (χ4v) is 3.62. The predicted octanol–water partition coefficient (Wildman–Crippen LogP) is 0.176. The third-order valence-corrected chi connectivity index (χ3v) is 5.01. The van der Waals surface area contributed by atoms with Gasteiger partial charge in [0.1, 0.15) is 6.61 Å². The molecule has 0 atom stereocenters. The van der Waals surface area contributed by atoms with Gasteiger partial charge in [0, 0.05) is 18.2 Å². The first-order valence-electron chi connectivity index (χ1n) is 6.42. The molecule has 0 saturated heterocycles. The molecule has 0 aromatic heterocycles. The van der Waals surface area contributed by atoms with Gasteiger partial charge >= 0.3 is 0 Å². The molecule has 2 rings (SSSR count). The van der Waals surface area contributed by atoms with E-state index in [1.165, 1.54) is 16.4 Å². The highest BCUT2D eigenvalue weighted by Crippen LogP contribution is 2.31. The van der Waals surface area contributed by atoms with E-state index in [1.807, 2.05) is 0 Å². The van der Waals surface area contributed by atoms with E-state index < -0.39 is 10.0 Å². The summed E-state index contributed by atoms with van der Waals surface area (Å²) >= 11 is 0. The first-order valence-corrected chi connectivity index (χ1v) is 7.86. The summed E-state index contributed by atoms with van der Waals surface area (Å²) in [5.41, 5.74) is 0.651. The van der Waals surface area contributed by atoms with Crippen LogP contribution in [0.25, 0.3) is 0 Å². The Hall–Kier alpha value is -1.39. The van der Waals surface area contributed by atoms with Crippen molar-refractivity contribution >= 4 is 10.0 Å². The lowest BCUT2D eigenvalue weighted by atomic mass is 10.2. The number of aliphatic hydroxyl groups is 2. The van der Waals surface area contributed by atoms with E-state index in [4.69, 9.17) is 10.2 Å². The van der Waals surface area contributed by atoms with Crippen LogP contribution in [-0.2, 0) is 10.0 Å². The van der Waals surface area contributed by atoms with E-state index in [0.717, 1.165) is 12.8 Å². The lowest BCUT2D eigenvalue weighted by Crippen LogP contribution is -2.35. The number of rotatable bonds is 5. The molecule has 1 aliphatic rings. The van der Waals surface area contributed by atoms with Gasteiger partial charge in [-0.3, -0.25) is 0 Å². The van der Waals surface area contributed by atoms with Crippen molar-refractivity contribution in [2.24, 2.45) is 0 Å². The molecule has 0 spiro atoms. The van der Waals surface area contributed by atoms with Gasteiger partial charge in [0.15, 0.2) is 0 Å². The zero-order chi connectivity index (χ0) is 14.6. The van der Waals surface area contributed by atoms with Crippen LogP contribution in [0.3, 0.4) is 0 Å². The average Bonchev–Trinajstić information content (AvgIpc) is 3.27. The normalized spacial score (nSPS) is 14.9. The van der Waals surface area contributed by atoms with Gasteiger partial charge in [-0.15, -0.1) is 0 Å². The van der Waals surface area contributed by atoms with Crippen LogP contribution < -0.4 is 0 Å². The van der Waals surface area contributed by atoms with Crippen molar-refractivity contribution in [3.63, 3.8) is 0 Å². The Morgan fingerprint density at radius 2 is 1.85 bits per heavy atom. The molecule has 0 bridgehead atoms. The Morgan fingerprint density at radius 3 is 2.35 bits per heavy atom. The standard InChI is InChI=1S/C14H17NO4S/c16-10-1-2-12-3-7-14(8-4-12)20(18,19)15(9-11-17)13-5-6-13/h3-4,7-8,13,16-17H,5-6,9-11H2. The lowest BCUT2D eigenvalue weighted by Gasteiger charge is -2.20. The molecule has 1 aromatic rings. The Balaban J connectivity index is 2.24. The minimum Gasteiger partial charge on any atom is -0.395 e. The maximum Gasteiger partial charge on any atom is 0.243 e. The molecule has 5 nitrogen and oxygen atoms in total. The van der Waals surface area contributed by atoms with E-state index in [9.17, 15) is 8.42 Å². The molecule has 0 aliphatic heterocycles. The minimum atomic E-state index is -3.56. The van der Waals surface area contributed by atoms with Crippen LogP contribution in [0.2, 0.25) is 0 Å². The molecular weight excluding hydrogens is 278 g/mol. The highest BCUT2D eigenvalue weighted by Gasteiger charge is 2.37. The molecule has 0 amide bonds. The van der Waals surface area contributed by atoms with Crippen molar-refractivity contribution in [2.75, 3.05) is 19.8 Å². The van der Waals surface area contributed by atoms with Gasteiger partial charge in [-0.25, -0.2) is 8.42 Å². The van der Waals surface area contributed by atoms with Gasteiger partial charge in [-0.2, -0.15) is 4.31 Å². The number of nitrogens with zero attached hydrogens (tertiary/aromatic N) is 1. The van der Waals surface area contributed by atoms with Gasteiger partial charge in [0.2, 0.25) is 10.0 Å². The van der Waals surface area contributed by atoms with E-state index in [1.54, 1.807) is 12.1 Å². The Labute approximate surface area is 118 Å². The summed E-state index contributed by atoms with van der Waals surface area (Å²) in [5, 5.41) is 17.6. The third kappa shape index (κ3) is 3.38. The molecule has 1 saturated carbocycles. The molecule has 2 N–H and O–H groups in total. The van der Waals surface area contributed by atoms with Crippen LogP contribution >= 0.6 is 0 Å². The lowest BCUT2D eigenvalue weighted by molar-refractivity contribution is 0.250. The van der Waals surface area contributed by atoms with Crippen LogP contribution in [0.5, 0.6) is 0 Å². The third-order valence-electron chi connectivity index (χ3n) is 3.05. The number of benzene rings is 1. The van der Waals surface area contributed by atoms with Crippen molar-refractivity contribution in [1.29, 1.82) is 0 Å². The molecule has 108 valence electrons. The topological polar surface area (TPSA) is 77.8 Å². The summed E-state index contributed by atoms with van der Waals surface area (Å²) in [6.07, 6.45) is 1.69. The highest BCUT2D eigenvalue weighted by molar-refractivity contribution is 7.89. The second-order valence-corrected chi connectivity index (χ2v) is 6.45. The number of hydrogen-bond acceptors (Lipinski definition) is 4. The fraction of sp³-hybridized carbons (Fsp3) is 0.429. The Kier molecular flexibility index (Phi) is 4.78. The van der Waals surface area contributed by atoms with Crippen LogP contribution in [0.4, 0.5) is 0 Å². The van der Waals surface area contributed by atoms with Crippen molar-refractivity contribution < 1.29 is 18.6 Å². The number of aliphatic hydroxyl groups excluding tert-OH is 2. The van der Waals surface area contributed by atoms with Gasteiger partial charge in [-0.05, 0) is 37.1 Å². The number of sulfonamides is 1. The summed E-state index contributed by atoms with van der Waals surface area (Å²) in [6.45, 7) is -0.291. The molecule has 1 fully saturated rings. The first-order chi connectivity index (χ1) is 9.59. The van der Waals surface area contributed by atoms with Gasteiger partial charge in [-0.1, -0.05) is 11.8 Å². The SMILES string of the molecule is O=S(=O)(c1ccc(C#CCO)cc1)N(CCO)C1CC1. The summed E-state index contributed by atoms with van der Waals surface area (Å²) in [5.74, 6) is 5.22. The zero-order valence-corrected chi connectivity index (χ0v) is 11.8. The second kappa shape index (κ2) is 6.37. The first kappa shape index (κ1) is 15.0. The molecular formula is C14H17NO4S. The second-order valence-electron chi connectivity index (χ2n) is 4.55. The largest absolute Gasteiger partial charge is 0.395 e. The van der Waals surface area contributed by atoms with Gasteiger partial charge < -0.3 is 10.2 Å². The molecule has 1 aromatic carbocycles. The van der Waals surface area contributed by atoms with Crippen LogP contribution in [-0.4, -0.2) is 48.7 Å². The van der Waals surface area contributed by atoms with E-state index in [2.05, 4.69) is 11.8 Å². The van der Waals surface area contributed by atoms with E-state index in [0.29, 0.717) is 5.56 Å². The van der Waals surface area contributed by atoms with E-state index in [-0.39, 0.29) is 30.7 Å². The van der Waals surface area contributed by atoms with Crippen molar-refractivity contribution in [3.8, 4) is 11.8 Å². The predicted molar refractivity (Wildman–Crippen MR) is 74.4 cm³/mol. The molecule has 1 aliphatic carbocycles. The van der Waals surface area contributed by atoms with Crippen molar-refractivity contribution in [3.05, 3.63) is 29.8 Å². The van der Waals surface area contributed by atoms with Crippen molar-refractivity contribution in [2.45, 2.75) is 23.8 Å². The van der Waals surface area contributed by atoms with Gasteiger partial charge in [0.25, 0.3) is 0 Å². The maximum absolute atomic E-state index is 12.5.